The van der Waals surface area contributed by atoms with Crippen LogP contribution in [0.2, 0.25) is 0 Å². The molecular weight excluding hydrogens is 348 g/mol. The summed E-state index contributed by atoms with van der Waals surface area (Å²) in [6, 6.07) is 8.65. The standard InChI is InChI=1S/C18H17F2NO3S/c1-23-15-6-3-11(8-16(15)24-2)18-21(17(22)10-25-18)9-12-7-13(19)4-5-14(12)20/h3-8,18H,9-10H2,1-2H3. The molecule has 1 unspecified atom stereocenters. The molecule has 132 valence electrons. The Morgan fingerprint density at radius 3 is 2.60 bits per heavy atom. The van der Waals surface area contributed by atoms with Gasteiger partial charge in [-0.15, -0.1) is 11.8 Å². The summed E-state index contributed by atoms with van der Waals surface area (Å²) in [4.78, 5) is 13.8. The van der Waals surface area contributed by atoms with Crippen LogP contribution in [0, 0.1) is 11.6 Å². The highest BCUT2D eigenvalue weighted by atomic mass is 32.2. The first kappa shape index (κ1) is 17.5. The maximum absolute atomic E-state index is 13.9. The van der Waals surface area contributed by atoms with E-state index in [9.17, 15) is 13.6 Å². The van der Waals surface area contributed by atoms with Crippen LogP contribution < -0.4 is 9.47 Å². The van der Waals surface area contributed by atoms with Crippen molar-refractivity contribution in [2.45, 2.75) is 11.9 Å². The van der Waals surface area contributed by atoms with E-state index in [-0.39, 0.29) is 29.1 Å². The Labute approximate surface area is 148 Å². The molecule has 1 fully saturated rings. The van der Waals surface area contributed by atoms with Gasteiger partial charge in [-0.05, 0) is 35.9 Å². The number of halogens is 2. The lowest BCUT2D eigenvalue weighted by Gasteiger charge is -2.25. The highest BCUT2D eigenvalue weighted by Gasteiger charge is 2.33. The lowest BCUT2D eigenvalue weighted by molar-refractivity contribution is -0.128. The fourth-order valence-corrected chi connectivity index (χ4v) is 3.93. The Morgan fingerprint density at radius 2 is 1.88 bits per heavy atom. The molecule has 0 radical (unpaired) electrons. The molecule has 0 spiro atoms. The molecule has 2 aromatic carbocycles. The van der Waals surface area contributed by atoms with E-state index < -0.39 is 11.6 Å². The van der Waals surface area contributed by atoms with E-state index >= 15 is 0 Å². The van der Waals surface area contributed by atoms with Crippen LogP contribution in [-0.4, -0.2) is 30.8 Å². The van der Waals surface area contributed by atoms with Gasteiger partial charge >= 0.3 is 0 Å². The molecule has 0 bridgehead atoms. The molecule has 1 atom stereocenters. The lowest BCUT2D eigenvalue weighted by atomic mass is 10.1. The molecule has 4 nitrogen and oxygen atoms in total. The average Bonchev–Trinajstić information content (AvgIpc) is 2.98. The number of nitrogens with zero attached hydrogens (tertiary/aromatic N) is 1. The second-order valence-electron chi connectivity index (χ2n) is 5.54. The zero-order chi connectivity index (χ0) is 18.0. The van der Waals surface area contributed by atoms with Gasteiger partial charge in [0, 0.05) is 5.56 Å². The molecule has 1 saturated heterocycles. The third-order valence-corrected chi connectivity index (χ3v) is 5.27. The van der Waals surface area contributed by atoms with Gasteiger partial charge < -0.3 is 14.4 Å². The average molecular weight is 365 g/mol. The smallest absolute Gasteiger partial charge is 0.234 e. The fraction of sp³-hybridized carbons (Fsp3) is 0.278. The minimum Gasteiger partial charge on any atom is -0.493 e. The summed E-state index contributed by atoms with van der Waals surface area (Å²) in [6.45, 7) is 0.00837. The van der Waals surface area contributed by atoms with E-state index in [2.05, 4.69) is 0 Å². The van der Waals surface area contributed by atoms with Gasteiger partial charge in [-0.2, -0.15) is 0 Å². The molecule has 25 heavy (non-hydrogen) atoms. The summed E-state index contributed by atoms with van der Waals surface area (Å²) in [5.74, 6) is 0.250. The number of carbonyl (C=O) groups excluding carboxylic acids is 1. The van der Waals surface area contributed by atoms with Gasteiger partial charge in [0.1, 0.15) is 17.0 Å². The number of hydrogen-bond donors (Lipinski definition) is 0. The summed E-state index contributed by atoms with van der Waals surface area (Å²) in [5, 5.41) is -0.296. The van der Waals surface area contributed by atoms with Crippen molar-refractivity contribution in [3.05, 3.63) is 59.2 Å². The van der Waals surface area contributed by atoms with Gasteiger partial charge in [-0.25, -0.2) is 8.78 Å². The van der Waals surface area contributed by atoms with Crippen LogP contribution in [0.1, 0.15) is 16.5 Å². The van der Waals surface area contributed by atoms with Gasteiger partial charge in [0.05, 0.1) is 26.5 Å². The third kappa shape index (κ3) is 3.56. The first-order chi connectivity index (χ1) is 12.0. The predicted octanol–water partition coefficient (Wildman–Crippen LogP) is 3.76. The molecule has 2 aromatic rings. The van der Waals surface area contributed by atoms with Crippen LogP contribution in [0.25, 0.3) is 0 Å². The van der Waals surface area contributed by atoms with E-state index in [1.54, 1.807) is 24.1 Å². The lowest BCUT2D eigenvalue weighted by Crippen LogP contribution is -2.28. The zero-order valence-electron chi connectivity index (χ0n) is 13.8. The minimum absolute atomic E-state index is 0.00837. The zero-order valence-corrected chi connectivity index (χ0v) is 14.6. The van der Waals surface area contributed by atoms with Crippen molar-refractivity contribution in [1.82, 2.24) is 4.90 Å². The molecule has 0 aromatic heterocycles. The van der Waals surface area contributed by atoms with Crippen molar-refractivity contribution < 1.29 is 23.0 Å². The number of thioether (sulfide) groups is 1. The Morgan fingerprint density at radius 1 is 1.12 bits per heavy atom. The summed E-state index contributed by atoms with van der Waals surface area (Å²) in [5.41, 5.74) is 0.992. The number of amides is 1. The SMILES string of the molecule is COc1ccc(C2SCC(=O)N2Cc2cc(F)ccc2F)cc1OC. The summed E-state index contributed by atoms with van der Waals surface area (Å²) < 4.78 is 37.9. The number of carbonyl (C=O) groups is 1. The second kappa shape index (κ2) is 7.31. The van der Waals surface area contributed by atoms with Gasteiger partial charge in [-0.1, -0.05) is 6.07 Å². The van der Waals surface area contributed by atoms with Crippen LogP contribution in [0.5, 0.6) is 11.5 Å². The molecule has 1 aliphatic rings. The monoisotopic (exact) mass is 365 g/mol. The van der Waals surface area contributed by atoms with Crippen molar-refractivity contribution in [2.75, 3.05) is 20.0 Å². The molecule has 0 N–H and O–H groups in total. The van der Waals surface area contributed by atoms with Gasteiger partial charge in [0.15, 0.2) is 11.5 Å². The molecule has 1 heterocycles. The van der Waals surface area contributed by atoms with Crippen molar-refractivity contribution in [3.8, 4) is 11.5 Å². The quantitative estimate of drug-likeness (QED) is 0.809. The molecule has 7 heteroatoms. The topological polar surface area (TPSA) is 38.8 Å². The maximum atomic E-state index is 13.9. The number of rotatable bonds is 5. The second-order valence-corrected chi connectivity index (χ2v) is 6.60. The van der Waals surface area contributed by atoms with E-state index in [0.29, 0.717) is 11.5 Å². The number of methoxy groups -OCH3 is 2. The van der Waals surface area contributed by atoms with Gasteiger partial charge in [0.25, 0.3) is 0 Å². The predicted molar refractivity (Wildman–Crippen MR) is 91.7 cm³/mol. The molecule has 1 amide bonds. The summed E-state index contributed by atoms with van der Waals surface area (Å²) >= 11 is 1.44. The fourth-order valence-electron chi connectivity index (χ4n) is 2.76. The van der Waals surface area contributed by atoms with Crippen LogP contribution >= 0.6 is 11.8 Å². The molecular formula is C18H17F2NO3S. The Kier molecular flexibility index (Phi) is 5.13. The van der Waals surface area contributed by atoms with Crippen molar-refractivity contribution in [3.63, 3.8) is 0 Å². The summed E-state index contributed by atoms with van der Waals surface area (Å²) in [6.07, 6.45) is 0. The Hall–Kier alpha value is -2.28. The number of benzene rings is 2. The molecule has 1 aliphatic heterocycles. The van der Waals surface area contributed by atoms with Crippen molar-refractivity contribution in [1.29, 1.82) is 0 Å². The Balaban J connectivity index is 1.90. The van der Waals surface area contributed by atoms with E-state index in [0.717, 1.165) is 23.8 Å². The number of ether oxygens (including phenoxy) is 2. The molecule has 0 saturated carbocycles. The van der Waals surface area contributed by atoms with Crippen LogP contribution in [0.4, 0.5) is 8.78 Å². The third-order valence-electron chi connectivity index (χ3n) is 4.01. The van der Waals surface area contributed by atoms with Crippen molar-refractivity contribution >= 4 is 17.7 Å². The molecule has 0 aliphatic carbocycles. The normalized spacial score (nSPS) is 17.0. The van der Waals surface area contributed by atoms with Gasteiger partial charge in [-0.3, -0.25) is 4.79 Å². The highest BCUT2D eigenvalue weighted by molar-refractivity contribution is 8.00. The van der Waals surface area contributed by atoms with Gasteiger partial charge in [0.2, 0.25) is 5.91 Å². The summed E-state index contributed by atoms with van der Waals surface area (Å²) in [7, 11) is 3.08. The van der Waals surface area contributed by atoms with Crippen LogP contribution in [0.3, 0.4) is 0 Å². The first-order valence-electron chi connectivity index (χ1n) is 7.60. The maximum Gasteiger partial charge on any atom is 0.234 e. The van der Waals surface area contributed by atoms with Crippen LogP contribution in [0.15, 0.2) is 36.4 Å². The Bertz CT molecular complexity index is 800. The number of hydrogen-bond acceptors (Lipinski definition) is 4. The highest BCUT2D eigenvalue weighted by Crippen LogP contribution is 2.42. The van der Waals surface area contributed by atoms with E-state index in [1.165, 1.54) is 18.9 Å². The molecule has 3 rings (SSSR count). The van der Waals surface area contributed by atoms with E-state index in [1.807, 2.05) is 6.07 Å². The largest absolute Gasteiger partial charge is 0.493 e. The van der Waals surface area contributed by atoms with Crippen molar-refractivity contribution in [2.24, 2.45) is 0 Å². The minimum atomic E-state index is -0.530. The first-order valence-corrected chi connectivity index (χ1v) is 8.65. The van der Waals surface area contributed by atoms with E-state index in [4.69, 9.17) is 9.47 Å². The van der Waals surface area contributed by atoms with Crippen LogP contribution in [-0.2, 0) is 11.3 Å².